The number of ether oxygens (including phenoxy) is 1. The van der Waals surface area contributed by atoms with Crippen LogP contribution in [0.2, 0.25) is 0 Å². The fourth-order valence-electron chi connectivity index (χ4n) is 4.70. The van der Waals surface area contributed by atoms with Gasteiger partial charge in [0.2, 0.25) is 17.7 Å². The predicted molar refractivity (Wildman–Crippen MR) is 131 cm³/mol. The topological polar surface area (TPSA) is 154 Å². The molecule has 1 heterocycles. The zero-order chi connectivity index (χ0) is 26.4. The first-order chi connectivity index (χ1) is 17.8. The van der Waals surface area contributed by atoms with E-state index in [9.17, 15) is 24.0 Å². The maximum absolute atomic E-state index is 12.2. The van der Waals surface area contributed by atoms with Crippen molar-refractivity contribution >= 4 is 29.8 Å². The van der Waals surface area contributed by atoms with Crippen molar-refractivity contribution < 1.29 is 33.8 Å². The Morgan fingerprint density at radius 3 is 2.03 bits per heavy atom. The highest BCUT2D eigenvalue weighted by atomic mass is 16.5. The number of aliphatic carboxylic acids is 1. The molecule has 1 atom stereocenters. The highest BCUT2D eigenvalue weighted by Gasteiger charge is 2.33. The molecule has 4 amide bonds. The van der Waals surface area contributed by atoms with Crippen LogP contribution in [0.3, 0.4) is 0 Å². The Balaban J connectivity index is 1.15. The van der Waals surface area contributed by atoms with Gasteiger partial charge < -0.3 is 30.7 Å². The second-order valence-electron chi connectivity index (χ2n) is 8.82. The van der Waals surface area contributed by atoms with Crippen LogP contribution >= 0.6 is 0 Å². The van der Waals surface area contributed by atoms with Gasteiger partial charge in [-0.25, -0.2) is 9.59 Å². The summed E-state index contributed by atoms with van der Waals surface area (Å²) in [6.07, 6.45) is 0.205. The Kier molecular flexibility index (Phi) is 8.02. The van der Waals surface area contributed by atoms with Gasteiger partial charge in [-0.15, -0.1) is 0 Å². The van der Waals surface area contributed by atoms with E-state index in [0.717, 1.165) is 22.3 Å². The molecule has 1 aliphatic carbocycles. The lowest BCUT2D eigenvalue weighted by Crippen LogP contribution is -2.47. The molecular formula is C26H28N4O7. The van der Waals surface area contributed by atoms with Gasteiger partial charge in [0.15, 0.2) is 0 Å². The number of carbonyl (C=O) groups is 5. The first-order valence-corrected chi connectivity index (χ1v) is 12.0. The van der Waals surface area contributed by atoms with E-state index in [1.54, 1.807) is 0 Å². The van der Waals surface area contributed by atoms with Gasteiger partial charge in [0.25, 0.3) is 0 Å². The van der Waals surface area contributed by atoms with Crippen molar-refractivity contribution in [3.63, 3.8) is 0 Å². The second kappa shape index (κ2) is 11.5. The third kappa shape index (κ3) is 6.05. The minimum atomic E-state index is -1.08. The van der Waals surface area contributed by atoms with E-state index in [4.69, 9.17) is 9.84 Å². The van der Waals surface area contributed by atoms with E-state index in [1.807, 2.05) is 48.5 Å². The standard InChI is InChI=1S/C26H28N4O7/c31-22(28-14-24(33)30-11-5-10-21(30)25(34)35)12-27-23(32)13-29-26(36)37-15-20-18-8-3-1-6-16(18)17-7-2-4-9-19(17)20/h1-4,6-9,20-21H,5,10-15H2,(H,27,32)(H,28,31)(H,29,36)(H,34,35)/t21-/m0/s1. The van der Waals surface area contributed by atoms with Gasteiger partial charge in [-0.2, -0.15) is 0 Å². The number of carboxylic acid groups (broad SMARTS) is 1. The summed E-state index contributed by atoms with van der Waals surface area (Å²) in [4.78, 5) is 60.7. The molecule has 2 aromatic carbocycles. The Labute approximate surface area is 213 Å². The molecule has 194 valence electrons. The van der Waals surface area contributed by atoms with Gasteiger partial charge in [-0.3, -0.25) is 14.4 Å². The van der Waals surface area contributed by atoms with Gasteiger partial charge in [0, 0.05) is 12.5 Å². The molecule has 4 N–H and O–H groups in total. The molecule has 2 aromatic rings. The van der Waals surface area contributed by atoms with Crippen molar-refractivity contribution in [2.75, 3.05) is 32.8 Å². The lowest BCUT2D eigenvalue weighted by Gasteiger charge is -2.21. The normalized spacial score (nSPS) is 15.9. The molecule has 0 aromatic heterocycles. The Hall–Kier alpha value is -4.41. The number of carbonyl (C=O) groups excluding carboxylic acids is 4. The van der Waals surface area contributed by atoms with Crippen molar-refractivity contribution in [1.82, 2.24) is 20.9 Å². The van der Waals surface area contributed by atoms with Crippen LogP contribution in [0.25, 0.3) is 11.1 Å². The SMILES string of the molecule is O=C(CNC(=O)CNC(=O)OCC1c2ccccc2-c2ccccc21)NCC(=O)N1CCC[C@H]1C(=O)O. The number of amides is 4. The van der Waals surface area contributed by atoms with Crippen molar-refractivity contribution in [3.8, 4) is 11.1 Å². The monoisotopic (exact) mass is 508 g/mol. The lowest BCUT2D eigenvalue weighted by atomic mass is 9.98. The minimum absolute atomic E-state index is 0.107. The number of hydrogen-bond acceptors (Lipinski definition) is 6. The van der Waals surface area contributed by atoms with E-state index in [2.05, 4.69) is 16.0 Å². The third-order valence-electron chi connectivity index (χ3n) is 6.48. The van der Waals surface area contributed by atoms with Gasteiger partial charge in [-0.1, -0.05) is 48.5 Å². The summed E-state index contributed by atoms with van der Waals surface area (Å²) >= 11 is 0. The van der Waals surface area contributed by atoms with E-state index in [0.29, 0.717) is 19.4 Å². The van der Waals surface area contributed by atoms with E-state index in [1.165, 1.54) is 4.90 Å². The lowest BCUT2D eigenvalue weighted by molar-refractivity contribution is -0.148. The maximum Gasteiger partial charge on any atom is 0.407 e. The number of alkyl carbamates (subject to hydrolysis) is 1. The van der Waals surface area contributed by atoms with Crippen molar-refractivity contribution in [2.24, 2.45) is 0 Å². The fraction of sp³-hybridized carbons (Fsp3) is 0.346. The summed E-state index contributed by atoms with van der Waals surface area (Å²) in [7, 11) is 0. The van der Waals surface area contributed by atoms with Crippen LogP contribution in [0, 0.1) is 0 Å². The summed E-state index contributed by atoms with van der Waals surface area (Å²) in [6, 6.07) is 15.0. The maximum atomic E-state index is 12.2. The summed E-state index contributed by atoms with van der Waals surface area (Å²) in [6.45, 7) is -0.726. The van der Waals surface area contributed by atoms with Crippen LogP contribution in [-0.4, -0.2) is 78.6 Å². The molecule has 11 nitrogen and oxygen atoms in total. The molecule has 0 radical (unpaired) electrons. The molecule has 1 aliphatic heterocycles. The van der Waals surface area contributed by atoms with Crippen LogP contribution < -0.4 is 16.0 Å². The van der Waals surface area contributed by atoms with Gasteiger partial charge >= 0.3 is 12.1 Å². The van der Waals surface area contributed by atoms with Gasteiger partial charge in [0.05, 0.1) is 13.1 Å². The molecular weight excluding hydrogens is 480 g/mol. The first kappa shape index (κ1) is 25.7. The summed E-state index contributed by atoms with van der Waals surface area (Å²) < 4.78 is 5.36. The zero-order valence-electron chi connectivity index (χ0n) is 20.1. The number of hydrogen-bond donors (Lipinski definition) is 4. The predicted octanol–water partition coefficient (Wildman–Crippen LogP) is 0.833. The molecule has 4 rings (SSSR count). The number of nitrogens with zero attached hydrogens (tertiary/aromatic N) is 1. The molecule has 2 aliphatic rings. The Bertz CT molecular complexity index is 1170. The van der Waals surface area contributed by atoms with Crippen LogP contribution in [0.15, 0.2) is 48.5 Å². The van der Waals surface area contributed by atoms with E-state index in [-0.39, 0.29) is 19.1 Å². The smallest absolute Gasteiger partial charge is 0.407 e. The average Bonchev–Trinajstić information content (AvgIpc) is 3.52. The number of carboxylic acids is 1. The van der Waals surface area contributed by atoms with Crippen LogP contribution in [-0.2, 0) is 23.9 Å². The van der Waals surface area contributed by atoms with E-state index < -0.39 is 48.9 Å². The molecule has 0 spiro atoms. The van der Waals surface area contributed by atoms with Crippen molar-refractivity contribution in [3.05, 3.63) is 59.7 Å². The van der Waals surface area contributed by atoms with Gasteiger partial charge in [-0.05, 0) is 35.1 Å². The Morgan fingerprint density at radius 2 is 1.41 bits per heavy atom. The average molecular weight is 509 g/mol. The number of fused-ring (bicyclic) bond motifs is 3. The molecule has 1 saturated heterocycles. The number of likely N-dealkylation sites (tertiary alicyclic amines) is 1. The van der Waals surface area contributed by atoms with Crippen LogP contribution in [0.5, 0.6) is 0 Å². The molecule has 0 unspecified atom stereocenters. The molecule has 0 saturated carbocycles. The summed E-state index contributed by atoms with van der Waals surface area (Å²) in [5, 5.41) is 16.2. The third-order valence-corrected chi connectivity index (χ3v) is 6.48. The second-order valence-corrected chi connectivity index (χ2v) is 8.82. The van der Waals surface area contributed by atoms with Crippen molar-refractivity contribution in [1.29, 1.82) is 0 Å². The van der Waals surface area contributed by atoms with Crippen molar-refractivity contribution in [2.45, 2.75) is 24.8 Å². The summed E-state index contributed by atoms with van der Waals surface area (Å²) in [5.41, 5.74) is 4.35. The van der Waals surface area contributed by atoms with Crippen LogP contribution in [0.1, 0.15) is 29.9 Å². The highest BCUT2D eigenvalue weighted by Crippen LogP contribution is 2.44. The molecule has 1 fully saturated rings. The number of benzene rings is 2. The Morgan fingerprint density at radius 1 is 0.838 bits per heavy atom. The quantitative estimate of drug-likeness (QED) is 0.391. The van der Waals surface area contributed by atoms with Crippen LogP contribution in [0.4, 0.5) is 4.79 Å². The number of rotatable bonds is 9. The highest BCUT2D eigenvalue weighted by molar-refractivity contribution is 5.91. The fourth-order valence-corrected chi connectivity index (χ4v) is 4.70. The number of nitrogens with one attached hydrogen (secondary N) is 3. The zero-order valence-corrected chi connectivity index (χ0v) is 20.1. The first-order valence-electron chi connectivity index (χ1n) is 12.0. The minimum Gasteiger partial charge on any atom is -0.480 e. The largest absolute Gasteiger partial charge is 0.480 e. The molecule has 11 heteroatoms. The summed E-state index contributed by atoms with van der Waals surface area (Å²) in [5.74, 6) is -2.91. The van der Waals surface area contributed by atoms with E-state index >= 15 is 0 Å². The molecule has 37 heavy (non-hydrogen) atoms. The molecule has 0 bridgehead atoms. The van der Waals surface area contributed by atoms with Gasteiger partial charge in [0.1, 0.15) is 19.2 Å².